The molecule has 0 radical (unpaired) electrons. The first-order valence-corrected chi connectivity index (χ1v) is 15.9. The van der Waals surface area contributed by atoms with E-state index in [2.05, 4.69) is 75.9 Å². The summed E-state index contributed by atoms with van der Waals surface area (Å²) < 4.78 is 46.8. The van der Waals surface area contributed by atoms with Crippen LogP contribution in [0.15, 0.2) is 85.5 Å². The molecule has 1 aliphatic rings. The van der Waals surface area contributed by atoms with E-state index >= 15 is 0 Å². The van der Waals surface area contributed by atoms with E-state index in [1.807, 2.05) is 24.3 Å². The Kier molecular flexibility index (Phi) is 9.85. The molecule has 0 saturated carbocycles. The van der Waals surface area contributed by atoms with E-state index in [1.165, 1.54) is 10.4 Å². The van der Waals surface area contributed by atoms with Crippen LogP contribution >= 0.6 is 0 Å². The van der Waals surface area contributed by atoms with Crippen molar-refractivity contribution in [1.29, 1.82) is 0 Å². The summed E-state index contributed by atoms with van der Waals surface area (Å²) in [7, 11) is -6.20. The van der Waals surface area contributed by atoms with Gasteiger partial charge in [-0.1, -0.05) is 99.7 Å². The lowest BCUT2D eigenvalue weighted by Crippen LogP contribution is -2.67. The summed E-state index contributed by atoms with van der Waals surface area (Å²) in [4.78, 5) is 0. The highest BCUT2D eigenvalue weighted by Crippen LogP contribution is 2.37. The monoisotopic (exact) mass is 530 g/mol. The van der Waals surface area contributed by atoms with Crippen LogP contribution in [0, 0.1) is 5.92 Å². The zero-order valence-corrected chi connectivity index (χ0v) is 23.4. The topological polar surface area (TPSA) is 71.1 Å². The molecule has 36 heavy (non-hydrogen) atoms. The smallest absolute Gasteiger partial charge is 0.264 e. The predicted molar refractivity (Wildman–Crippen MR) is 146 cm³/mol. The summed E-state index contributed by atoms with van der Waals surface area (Å²) in [6.07, 6.45) is 6.30. The van der Waals surface area contributed by atoms with Crippen molar-refractivity contribution in [3.05, 3.63) is 85.5 Å². The Labute approximate surface area is 217 Å². The van der Waals surface area contributed by atoms with Gasteiger partial charge in [-0.25, -0.2) is 0 Å². The Bertz CT molecular complexity index is 1060. The highest BCUT2D eigenvalue weighted by molar-refractivity contribution is 7.85. The van der Waals surface area contributed by atoms with Crippen molar-refractivity contribution < 1.29 is 26.5 Å². The fourth-order valence-electron chi connectivity index (χ4n) is 4.63. The molecule has 2 aromatic rings. The minimum Gasteiger partial charge on any atom is -0.404 e. The Hall–Kier alpha value is -2.07. The van der Waals surface area contributed by atoms with Crippen molar-refractivity contribution >= 4 is 28.8 Å². The van der Waals surface area contributed by atoms with Gasteiger partial charge in [-0.15, -0.1) is 6.58 Å². The molecule has 2 aromatic carbocycles. The molecular formula is C28H38O6SSi. The first-order valence-electron chi connectivity index (χ1n) is 12.2. The van der Waals surface area contributed by atoms with Crippen molar-refractivity contribution in [2.24, 2.45) is 5.92 Å². The Morgan fingerprint density at radius 2 is 1.58 bits per heavy atom. The fraction of sp³-hybridized carbons (Fsp3) is 0.429. The quantitative estimate of drug-likeness (QED) is 0.234. The zero-order valence-electron chi connectivity index (χ0n) is 21.6. The summed E-state index contributed by atoms with van der Waals surface area (Å²) in [6.45, 7) is 11.2. The lowest BCUT2D eigenvalue weighted by Gasteiger charge is -2.44. The van der Waals surface area contributed by atoms with Crippen LogP contribution in [0.4, 0.5) is 0 Å². The third-order valence-corrected chi connectivity index (χ3v) is 11.8. The molecule has 0 saturated heterocycles. The average Bonchev–Trinajstić information content (AvgIpc) is 2.84. The highest BCUT2D eigenvalue weighted by Gasteiger charge is 2.50. The van der Waals surface area contributed by atoms with E-state index in [0.29, 0.717) is 19.6 Å². The van der Waals surface area contributed by atoms with Crippen LogP contribution in [-0.2, 0) is 28.2 Å². The molecule has 0 aromatic heterocycles. The van der Waals surface area contributed by atoms with Crippen molar-refractivity contribution in [3.63, 3.8) is 0 Å². The van der Waals surface area contributed by atoms with Gasteiger partial charge in [-0.05, 0) is 21.8 Å². The minimum absolute atomic E-state index is 0.0639. The predicted octanol–water partition coefficient (Wildman–Crippen LogP) is 4.03. The van der Waals surface area contributed by atoms with Gasteiger partial charge in [0.05, 0.1) is 26.1 Å². The second-order valence-electron chi connectivity index (χ2n) is 10.0. The van der Waals surface area contributed by atoms with Gasteiger partial charge in [0.25, 0.3) is 18.4 Å². The summed E-state index contributed by atoms with van der Waals surface area (Å²) in [5.74, 6) is -0.143. The lowest BCUT2D eigenvalue weighted by molar-refractivity contribution is -0.187. The van der Waals surface area contributed by atoms with Gasteiger partial charge in [0.15, 0.2) is 6.29 Å². The third kappa shape index (κ3) is 7.24. The molecule has 0 amide bonds. The van der Waals surface area contributed by atoms with Crippen molar-refractivity contribution in [2.45, 2.75) is 44.6 Å². The third-order valence-electron chi connectivity index (χ3n) is 6.24. The normalized spacial score (nSPS) is 20.8. The van der Waals surface area contributed by atoms with E-state index < -0.39 is 24.7 Å². The van der Waals surface area contributed by atoms with Gasteiger partial charge in [0, 0.05) is 5.92 Å². The number of ether oxygens (including phenoxy) is 2. The molecule has 6 nitrogen and oxygen atoms in total. The number of hydrogen-bond acceptors (Lipinski definition) is 6. The zero-order chi connectivity index (χ0) is 26.2. The van der Waals surface area contributed by atoms with Crippen molar-refractivity contribution in [3.8, 4) is 0 Å². The van der Waals surface area contributed by atoms with Crippen LogP contribution in [0.25, 0.3) is 0 Å². The van der Waals surface area contributed by atoms with Crippen LogP contribution in [0.3, 0.4) is 0 Å². The van der Waals surface area contributed by atoms with Gasteiger partial charge in [-0.3, -0.25) is 4.18 Å². The van der Waals surface area contributed by atoms with Gasteiger partial charge in [0.1, 0.15) is 6.10 Å². The molecule has 0 aliphatic carbocycles. The second-order valence-corrected chi connectivity index (χ2v) is 16.0. The maximum Gasteiger partial charge on any atom is 0.264 e. The summed E-state index contributed by atoms with van der Waals surface area (Å²) in [5, 5.41) is 2.27. The fourth-order valence-corrected chi connectivity index (χ4v) is 9.60. The van der Waals surface area contributed by atoms with Gasteiger partial charge >= 0.3 is 0 Å². The largest absolute Gasteiger partial charge is 0.404 e. The molecule has 0 spiro atoms. The first-order chi connectivity index (χ1) is 17.1. The summed E-state index contributed by atoms with van der Waals surface area (Å²) >= 11 is 0. The molecule has 1 aliphatic heterocycles. The maximum atomic E-state index is 11.3. The number of hydrogen-bond donors (Lipinski definition) is 0. The average molecular weight is 531 g/mol. The van der Waals surface area contributed by atoms with E-state index in [1.54, 1.807) is 6.08 Å². The Morgan fingerprint density at radius 3 is 2.08 bits per heavy atom. The Balaban J connectivity index is 1.85. The van der Waals surface area contributed by atoms with Gasteiger partial charge < -0.3 is 13.9 Å². The molecular weight excluding hydrogens is 492 g/mol. The number of rotatable bonds is 12. The van der Waals surface area contributed by atoms with E-state index in [-0.39, 0.29) is 23.7 Å². The van der Waals surface area contributed by atoms with Crippen LogP contribution in [-0.4, -0.2) is 55.2 Å². The van der Waals surface area contributed by atoms with E-state index in [4.69, 9.17) is 18.1 Å². The molecule has 0 fully saturated rings. The molecule has 1 heterocycles. The maximum absolute atomic E-state index is 11.3. The van der Waals surface area contributed by atoms with Gasteiger partial charge in [0.2, 0.25) is 0 Å². The Morgan fingerprint density at radius 1 is 1.00 bits per heavy atom. The first kappa shape index (κ1) is 28.5. The molecule has 3 atom stereocenters. The van der Waals surface area contributed by atoms with Crippen LogP contribution < -0.4 is 10.4 Å². The standard InChI is InChI=1S/C28H38O6SSi/c1-6-20-31-27-23(19-21-32-35(5,29)30)17-18-24(34-27)22-33-36(28(2,3)4,25-13-9-7-10-14-25)26-15-11-8-12-16-26/h6-18,23-24,27H,1,19-22H2,2-5H3/t23-,24+,27+/m1/s1. The van der Waals surface area contributed by atoms with E-state index in [9.17, 15) is 8.42 Å². The molecule has 0 unspecified atom stereocenters. The summed E-state index contributed by atoms with van der Waals surface area (Å²) in [6, 6.07) is 21.0. The van der Waals surface area contributed by atoms with Crippen molar-refractivity contribution in [1.82, 2.24) is 0 Å². The second kappa shape index (κ2) is 12.4. The molecule has 196 valence electrons. The molecule has 3 rings (SSSR count). The molecule has 0 N–H and O–H groups in total. The van der Waals surface area contributed by atoms with Crippen molar-refractivity contribution in [2.75, 3.05) is 26.1 Å². The summed E-state index contributed by atoms with van der Waals surface area (Å²) in [5.41, 5.74) is 0. The van der Waals surface area contributed by atoms with Crippen LogP contribution in [0.2, 0.25) is 5.04 Å². The molecule has 8 heteroatoms. The molecule has 0 bridgehead atoms. The highest BCUT2D eigenvalue weighted by atomic mass is 32.2. The SMILES string of the molecule is C=CCO[C@H]1O[C@H](CO[Si](c2ccccc2)(c2ccccc2)C(C)(C)C)C=C[C@@H]1CCOS(C)(=O)=O. The van der Waals surface area contributed by atoms with E-state index in [0.717, 1.165) is 6.26 Å². The lowest BCUT2D eigenvalue weighted by atomic mass is 10.0. The minimum atomic E-state index is -3.50. The van der Waals surface area contributed by atoms with Gasteiger partial charge in [-0.2, -0.15) is 8.42 Å². The van der Waals surface area contributed by atoms with Crippen LogP contribution in [0.1, 0.15) is 27.2 Å². The number of benzene rings is 2. The van der Waals surface area contributed by atoms with Crippen LogP contribution in [0.5, 0.6) is 0 Å².